The third-order valence-electron chi connectivity index (χ3n) is 3.13. The summed E-state index contributed by atoms with van der Waals surface area (Å²) in [6.07, 6.45) is -0.371. The van der Waals surface area contributed by atoms with Gasteiger partial charge in [0, 0.05) is 6.54 Å². The first-order chi connectivity index (χ1) is 11.4. The topological polar surface area (TPSA) is 83.0 Å². The molecular weight excluding hydrogens is 331 g/mol. The third-order valence-corrected chi connectivity index (χ3v) is 4.12. The second kappa shape index (κ2) is 8.14. The number of thioether (sulfide) groups is 1. The molecule has 0 aliphatic carbocycles. The number of benzene rings is 1. The molecule has 130 valence electrons. The highest BCUT2D eigenvalue weighted by molar-refractivity contribution is 7.99. The zero-order chi connectivity index (χ0) is 17.7. The number of aromatic nitrogens is 3. The predicted molar refractivity (Wildman–Crippen MR) is 90.2 cm³/mol. The lowest BCUT2D eigenvalue weighted by Crippen LogP contribution is -2.17. The molecule has 2 N–H and O–H groups in total. The van der Waals surface area contributed by atoms with Crippen LogP contribution in [0.25, 0.3) is 0 Å². The smallest absolute Gasteiger partial charge is 0.227 e. The van der Waals surface area contributed by atoms with Gasteiger partial charge in [-0.3, -0.25) is 4.79 Å². The van der Waals surface area contributed by atoms with E-state index < -0.39 is 5.91 Å². The summed E-state index contributed by atoms with van der Waals surface area (Å²) in [5, 5.41) is 8.98. The molecule has 1 heterocycles. The summed E-state index contributed by atoms with van der Waals surface area (Å²) in [5.74, 6) is 0.989. The second-order valence-corrected chi connectivity index (χ2v) is 6.76. The van der Waals surface area contributed by atoms with Crippen LogP contribution in [0, 0.1) is 11.7 Å². The van der Waals surface area contributed by atoms with Crippen molar-refractivity contribution >= 4 is 17.7 Å². The van der Waals surface area contributed by atoms with Crippen LogP contribution in [0.5, 0.6) is 5.75 Å². The Kier molecular flexibility index (Phi) is 6.19. The van der Waals surface area contributed by atoms with Gasteiger partial charge in [0.2, 0.25) is 5.91 Å². The largest absolute Gasteiger partial charge is 0.483 e. The van der Waals surface area contributed by atoms with Crippen molar-refractivity contribution in [3.63, 3.8) is 0 Å². The molecule has 0 fully saturated rings. The Morgan fingerprint density at radius 2 is 1.96 bits per heavy atom. The molecule has 0 saturated heterocycles. The maximum Gasteiger partial charge on any atom is 0.227 e. The first kappa shape index (κ1) is 18.3. The van der Waals surface area contributed by atoms with Gasteiger partial charge >= 0.3 is 0 Å². The standard InChI is InChI=1S/C16H21FN4O2S/c1-10(2)8-21-15(19-20-16(21)24-9-14(18)22)11(3)23-13-6-4-12(17)5-7-13/h4-7,10-11H,8-9H2,1-3H3,(H2,18,22). The summed E-state index contributed by atoms with van der Waals surface area (Å²) in [6, 6.07) is 5.82. The summed E-state index contributed by atoms with van der Waals surface area (Å²) in [4.78, 5) is 11.0. The molecule has 2 rings (SSSR count). The van der Waals surface area contributed by atoms with Crippen molar-refractivity contribution in [1.82, 2.24) is 14.8 Å². The number of carbonyl (C=O) groups excluding carboxylic acids is 1. The molecule has 0 spiro atoms. The number of hydrogen-bond donors (Lipinski definition) is 1. The Morgan fingerprint density at radius 1 is 1.29 bits per heavy atom. The monoisotopic (exact) mass is 352 g/mol. The summed E-state index contributed by atoms with van der Waals surface area (Å²) in [5.41, 5.74) is 5.20. The molecule has 0 aliphatic rings. The lowest BCUT2D eigenvalue weighted by molar-refractivity contribution is -0.115. The van der Waals surface area contributed by atoms with E-state index in [9.17, 15) is 9.18 Å². The van der Waals surface area contributed by atoms with Crippen LogP contribution in [0.3, 0.4) is 0 Å². The zero-order valence-corrected chi connectivity index (χ0v) is 14.7. The van der Waals surface area contributed by atoms with Gasteiger partial charge < -0.3 is 15.0 Å². The van der Waals surface area contributed by atoms with Gasteiger partial charge in [-0.05, 0) is 37.1 Å². The molecule has 1 unspecified atom stereocenters. The van der Waals surface area contributed by atoms with Crippen LogP contribution >= 0.6 is 11.8 Å². The Labute approximate surface area is 144 Å². The Morgan fingerprint density at radius 3 is 2.54 bits per heavy atom. The van der Waals surface area contributed by atoms with Gasteiger partial charge in [-0.2, -0.15) is 0 Å². The number of rotatable bonds is 8. The number of carbonyl (C=O) groups is 1. The first-order valence-corrected chi connectivity index (χ1v) is 8.61. The van der Waals surface area contributed by atoms with Crippen LogP contribution in [-0.2, 0) is 11.3 Å². The van der Waals surface area contributed by atoms with Gasteiger partial charge in [0.25, 0.3) is 0 Å². The summed E-state index contributed by atoms with van der Waals surface area (Å²) < 4.78 is 20.7. The molecule has 6 nitrogen and oxygen atoms in total. The molecule has 8 heteroatoms. The van der Waals surface area contributed by atoms with E-state index in [1.54, 1.807) is 12.1 Å². The molecule has 0 radical (unpaired) electrons. The fourth-order valence-corrected chi connectivity index (χ4v) is 2.84. The quantitative estimate of drug-likeness (QED) is 0.739. The first-order valence-electron chi connectivity index (χ1n) is 7.63. The number of amides is 1. The van der Waals surface area contributed by atoms with Crippen LogP contribution in [-0.4, -0.2) is 26.4 Å². The summed E-state index contributed by atoms with van der Waals surface area (Å²) in [6.45, 7) is 6.71. The van der Waals surface area contributed by atoms with Crippen LogP contribution in [0.1, 0.15) is 32.7 Å². The Hall–Kier alpha value is -2.09. The van der Waals surface area contributed by atoms with Crippen LogP contribution < -0.4 is 10.5 Å². The van der Waals surface area contributed by atoms with E-state index in [1.807, 2.05) is 11.5 Å². The zero-order valence-electron chi connectivity index (χ0n) is 13.9. The van der Waals surface area contributed by atoms with E-state index in [4.69, 9.17) is 10.5 Å². The van der Waals surface area contributed by atoms with Crippen molar-refractivity contribution in [1.29, 1.82) is 0 Å². The molecule has 1 amide bonds. The Bertz CT molecular complexity index is 688. The van der Waals surface area contributed by atoms with Gasteiger partial charge in [-0.25, -0.2) is 4.39 Å². The predicted octanol–water partition coefficient (Wildman–Crippen LogP) is 2.79. The molecule has 0 bridgehead atoms. The Balaban J connectivity index is 2.20. The second-order valence-electron chi connectivity index (χ2n) is 5.81. The van der Waals surface area contributed by atoms with Gasteiger partial charge in [0.05, 0.1) is 5.75 Å². The van der Waals surface area contributed by atoms with E-state index in [2.05, 4.69) is 24.0 Å². The molecule has 1 atom stereocenters. The molecule has 24 heavy (non-hydrogen) atoms. The van der Waals surface area contributed by atoms with E-state index in [1.165, 1.54) is 23.9 Å². The van der Waals surface area contributed by atoms with E-state index in [-0.39, 0.29) is 17.7 Å². The van der Waals surface area contributed by atoms with E-state index >= 15 is 0 Å². The van der Waals surface area contributed by atoms with E-state index in [0.717, 1.165) is 0 Å². The lowest BCUT2D eigenvalue weighted by Gasteiger charge is -2.17. The minimum atomic E-state index is -0.406. The number of ether oxygens (including phenoxy) is 1. The molecule has 2 aromatic rings. The van der Waals surface area contributed by atoms with Crippen molar-refractivity contribution < 1.29 is 13.9 Å². The minimum absolute atomic E-state index is 0.142. The fourth-order valence-electron chi connectivity index (χ4n) is 2.15. The van der Waals surface area contributed by atoms with Crippen LogP contribution in [0.4, 0.5) is 4.39 Å². The van der Waals surface area contributed by atoms with Gasteiger partial charge in [0.1, 0.15) is 11.6 Å². The summed E-state index contributed by atoms with van der Waals surface area (Å²) >= 11 is 1.25. The third kappa shape index (κ3) is 4.95. The average Bonchev–Trinajstić information content (AvgIpc) is 2.89. The average molecular weight is 352 g/mol. The molecule has 0 aliphatic heterocycles. The normalized spacial score (nSPS) is 12.4. The highest BCUT2D eigenvalue weighted by Crippen LogP contribution is 2.25. The number of primary amides is 1. The number of halogens is 1. The maximum atomic E-state index is 13.0. The SMILES string of the molecule is CC(C)Cn1c(SCC(N)=O)nnc1C(C)Oc1ccc(F)cc1. The van der Waals surface area contributed by atoms with Crippen molar-refractivity contribution in [2.75, 3.05) is 5.75 Å². The van der Waals surface area contributed by atoms with Crippen molar-refractivity contribution in [2.24, 2.45) is 11.7 Å². The van der Waals surface area contributed by atoms with Crippen molar-refractivity contribution in [2.45, 2.75) is 38.6 Å². The van der Waals surface area contributed by atoms with Crippen molar-refractivity contribution in [3.8, 4) is 5.75 Å². The number of nitrogens with two attached hydrogens (primary N) is 1. The maximum absolute atomic E-state index is 13.0. The fraction of sp³-hybridized carbons (Fsp3) is 0.438. The lowest BCUT2D eigenvalue weighted by atomic mass is 10.2. The summed E-state index contributed by atoms with van der Waals surface area (Å²) in [7, 11) is 0. The van der Waals surface area contributed by atoms with Crippen molar-refractivity contribution in [3.05, 3.63) is 35.9 Å². The van der Waals surface area contributed by atoms with Gasteiger partial charge in [-0.1, -0.05) is 25.6 Å². The highest BCUT2D eigenvalue weighted by atomic mass is 32.2. The van der Waals surface area contributed by atoms with Gasteiger partial charge in [0.15, 0.2) is 17.1 Å². The molecule has 0 saturated carbocycles. The number of hydrogen-bond acceptors (Lipinski definition) is 5. The minimum Gasteiger partial charge on any atom is -0.483 e. The molecule has 1 aromatic carbocycles. The molecular formula is C16H21FN4O2S. The number of nitrogens with zero attached hydrogens (tertiary/aromatic N) is 3. The van der Waals surface area contributed by atoms with Crippen LogP contribution in [0.15, 0.2) is 29.4 Å². The van der Waals surface area contributed by atoms with E-state index in [0.29, 0.717) is 29.2 Å². The van der Waals surface area contributed by atoms with Crippen LogP contribution in [0.2, 0.25) is 0 Å². The highest BCUT2D eigenvalue weighted by Gasteiger charge is 2.20. The molecule has 1 aromatic heterocycles. The van der Waals surface area contributed by atoms with Gasteiger partial charge in [-0.15, -0.1) is 10.2 Å².